The van der Waals surface area contributed by atoms with Gasteiger partial charge < -0.3 is 30.8 Å². The minimum Gasteiger partial charge on any atom is -1.00 e. The van der Waals surface area contributed by atoms with Crippen LogP contribution in [0, 0.1) is 5.82 Å². The smallest absolute Gasteiger partial charge is 1.00 e. The Kier molecular flexibility index (Phi) is 13.4. The number of methoxy groups -OCH3 is 2. The normalized spacial score (nSPS) is 12.5. The predicted molar refractivity (Wildman–Crippen MR) is 172 cm³/mol. The maximum atomic E-state index is 14.5. The number of ketones is 1. The van der Waals surface area contributed by atoms with E-state index in [-0.39, 0.29) is 55.7 Å². The van der Waals surface area contributed by atoms with E-state index < -0.39 is 30.4 Å². The Morgan fingerprint density at radius 3 is 2.15 bits per heavy atom. The second-order valence-electron chi connectivity index (χ2n) is 11.0. The van der Waals surface area contributed by atoms with Crippen molar-refractivity contribution >= 4 is 17.8 Å². The van der Waals surface area contributed by atoms with Crippen LogP contribution in [0.1, 0.15) is 55.9 Å². The molecule has 0 spiro atoms. The third-order valence-corrected chi connectivity index (χ3v) is 7.45. The second-order valence-corrected chi connectivity index (χ2v) is 11.0. The summed E-state index contributed by atoms with van der Waals surface area (Å²) in [5.74, 6) is -0.826. The number of halogens is 1. The fourth-order valence-electron chi connectivity index (χ4n) is 5.57. The van der Waals surface area contributed by atoms with Crippen LogP contribution in [0.5, 0.6) is 11.5 Å². The third-order valence-electron chi connectivity index (χ3n) is 7.45. The van der Waals surface area contributed by atoms with Crippen LogP contribution in [0.25, 0.3) is 28.3 Å². The number of ether oxygens (including phenoxy) is 2. The summed E-state index contributed by atoms with van der Waals surface area (Å²) in [6.45, 7) is 3.88. The van der Waals surface area contributed by atoms with E-state index in [0.717, 1.165) is 5.56 Å². The quantitative estimate of drug-likeness (QED) is 0.142. The van der Waals surface area contributed by atoms with Crippen molar-refractivity contribution in [1.29, 1.82) is 0 Å². The summed E-state index contributed by atoms with van der Waals surface area (Å²) in [7, 11) is 3.05. The van der Waals surface area contributed by atoms with Crippen molar-refractivity contribution in [2.75, 3.05) is 14.2 Å². The van der Waals surface area contributed by atoms with Gasteiger partial charge in [-0.2, -0.15) is 0 Å². The van der Waals surface area contributed by atoms with E-state index in [9.17, 15) is 24.2 Å². The number of carbonyl (C=O) groups is 2. The van der Waals surface area contributed by atoms with Crippen molar-refractivity contribution in [1.82, 2.24) is 4.57 Å². The Morgan fingerprint density at radius 1 is 0.913 bits per heavy atom. The maximum absolute atomic E-state index is 14.5. The standard InChI is InChI=1S/C36H38FNO7.Na.H/c1-22(2)38-29(18-17-27(39)20-28(40)21-32(42)43)33(24-13-15-26(37)16-14-24)34(23-9-6-5-7-10-23)35(38)30(41)19-25-11-8-12-31(44-3)36(25)45-4;;/h5-18,22,27-28,39-40H,19-21H2,1-4H3,(H,42,43);;/q;+1;-1/b18-17+;;/t27-,28-;;/m1../s1. The molecule has 0 unspecified atom stereocenters. The Balaban J connectivity index is 0.00000384. The number of carbonyl (C=O) groups excluding carboxylic acids is 1. The largest absolute Gasteiger partial charge is 1.00 e. The van der Waals surface area contributed by atoms with Crippen LogP contribution in [0.2, 0.25) is 0 Å². The SMILES string of the molecule is COc1cccc(CC(=O)c2c(-c3ccccc3)c(-c3ccc(F)cc3)c(/C=C/[C@@H](O)C[C@@H](O)CC(=O)O)n2C(C)C)c1OC.[H-].[Na+]. The van der Waals surface area contributed by atoms with Gasteiger partial charge in [-0.15, -0.1) is 0 Å². The molecule has 8 nitrogen and oxygen atoms in total. The first-order valence-corrected chi connectivity index (χ1v) is 14.6. The number of hydrogen-bond acceptors (Lipinski definition) is 6. The molecular weight excluding hydrogens is 600 g/mol. The second kappa shape index (κ2) is 16.7. The molecule has 0 radical (unpaired) electrons. The number of hydrogen-bond donors (Lipinski definition) is 3. The van der Waals surface area contributed by atoms with Crippen LogP contribution < -0.4 is 39.0 Å². The minimum absolute atomic E-state index is 0. The van der Waals surface area contributed by atoms with Gasteiger partial charge in [0.1, 0.15) is 5.82 Å². The summed E-state index contributed by atoms with van der Waals surface area (Å²) in [5.41, 5.74) is 4.37. The van der Waals surface area contributed by atoms with E-state index >= 15 is 0 Å². The zero-order valence-electron chi connectivity index (χ0n) is 27.7. The fourth-order valence-corrected chi connectivity index (χ4v) is 5.57. The van der Waals surface area contributed by atoms with Crippen molar-refractivity contribution in [2.45, 2.75) is 51.4 Å². The van der Waals surface area contributed by atoms with Gasteiger partial charge in [0.25, 0.3) is 0 Å². The van der Waals surface area contributed by atoms with Crippen LogP contribution in [0.3, 0.4) is 0 Å². The van der Waals surface area contributed by atoms with Gasteiger partial charge in [-0.3, -0.25) is 9.59 Å². The van der Waals surface area contributed by atoms with Crippen LogP contribution >= 0.6 is 0 Å². The molecule has 0 aliphatic carbocycles. The number of para-hydroxylation sites is 1. The Hall–Kier alpha value is -3.73. The Labute approximate surface area is 291 Å². The number of carboxylic acids is 1. The van der Waals surface area contributed by atoms with E-state index in [1.807, 2.05) is 54.8 Å². The van der Waals surface area contributed by atoms with Crippen LogP contribution in [-0.2, 0) is 11.2 Å². The number of aliphatic carboxylic acids is 1. The first-order valence-electron chi connectivity index (χ1n) is 14.6. The first-order chi connectivity index (χ1) is 21.5. The van der Waals surface area contributed by atoms with Gasteiger partial charge in [0.15, 0.2) is 17.3 Å². The van der Waals surface area contributed by atoms with Gasteiger partial charge in [0.2, 0.25) is 0 Å². The molecule has 2 atom stereocenters. The molecule has 0 saturated heterocycles. The molecule has 46 heavy (non-hydrogen) atoms. The molecule has 0 aliphatic heterocycles. The van der Waals surface area contributed by atoms with Crippen molar-refractivity contribution < 1.29 is 69.8 Å². The number of carboxylic acid groups (broad SMARTS) is 1. The van der Waals surface area contributed by atoms with Gasteiger partial charge in [0.05, 0.1) is 38.5 Å². The summed E-state index contributed by atoms with van der Waals surface area (Å²) in [6, 6.07) is 20.6. The summed E-state index contributed by atoms with van der Waals surface area (Å²) < 4.78 is 27.1. The van der Waals surface area contributed by atoms with Crippen molar-refractivity contribution in [3.63, 3.8) is 0 Å². The number of Topliss-reactive ketones (excluding diaryl/α,β-unsaturated/α-hetero) is 1. The Morgan fingerprint density at radius 2 is 1.57 bits per heavy atom. The molecule has 238 valence electrons. The van der Waals surface area contributed by atoms with Gasteiger partial charge in [-0.05, 0) is 49.2 Å². The van der Waals surface area contributed by atoms with Crippen LogP contribution in [-0.4, -0.2) is 58.1 Å². The molecule has 0 bridgehead atoms. The number of rotatable bonds is 14. The molecule has 3 aromatic carbocycles. The summed E-state index contributed by atoms with van der Waals surface area (Å²) in [6.07, 6.45) is 0.0316. The van der Waals surface area contributed by atoms with Crippen molar-refractivity contribution in [2.24, 2.45) is 0 Å². The third kappa shape index (κ3) is 8.54. The average Bonchev–Trinajstić information content (AvgIpc) is 3.35. The first kappa shape index (κ1) is 36.7. The molecule has 0 amide bonds. The van der Waals surface area contributed by atoms with Crippen molar-refractivity contribution in [3.8, 4) is 33.8 Å². The van der Waals surface area contributed by atoms with E-state index in [2.05, 4.69) is 0 Å². The molecule has 0 fully saturated rings. The number of benzene rings is 3. The zero-order chi connectivity index (χ0) is 32.7. The minimum atomic E-state index is -1.24. The fraction of sp³-hybridized carbons (Fsp3) is 0.278. The van der Waals surface area contributed by atoms with Gasteiger partial charge in [-0.25, -0.2) is 4.39 Å². The number of aliphatic hydroxyl groups is 2. The molecule has 1 aromatic heterocycles. The van der Waals surface area contributed by atoms with Gasteiger partial charge in [-0.1, -0.05) is 60.7 Å². The summed E-state index contributed by atoms with van der Waals surface area (Å²) in [4.78, 5) is 25.5. The van der Waals surface area contributed by atoms with E-state index in [0.29, 0.717) is 45.1 Å². The molecule has 1 heterocycles. The van der Waals surface area contributed by atoms with Crippen molar-refractivity contribution in [3.05, 3.63) is 102 Å². The summed E-state index contributed by atoms with van der Waals surface area (Å²) in [5, 5.41) is 29.8. The van der Waals surface area contributed by atoms with E-state index in [1.165, 1.54) is 32.4 Å². The predicted octanol–water partition coefficient (Wildman–Crippen LogP) is 3.70. The van der Waals surface area contributed by atoms with Gasteiger partial charge >= 0.3 is 35.5 Å². The van der Waals surface area contributed by atoms with Crippen LogP contribution in [0.15, 0.2) is 78.9 Å². The molecule has 3 N–H and O–H groups in total. The maximum Gasteiger partial charge on any atom is 1.00 e. The molecule has 4 aromatic rings. The van der Waals surface area contributed by atoms with Gasteiger partial charge in [0, 0.05) is 41.3 Å². The monoisotopic (exact) mass is 639 g/mol. The molecular formula is C36H39FNNaO7. The molecule has 4 rings (SSSR count). The average molecular weight is 640 g/mol. The molecule has 0 saturated carbocycles. The topological polar surface area (TPSA) is 118 Å². The van der Waals surface area contributed by atoms with E-state index in [1.54, 1.807) is 30.3 Å². The molecule has 10 heteroatoms. The van der Waals surface area contributed by atoms with E-state index in [4.69, 9.17) is 14.6 Å². The summed E-state index contributed by atoms with van der Waals surface area (Å²) >= 11 is 0. The van der Waals surface area contributed by atoms with Crippen LogP contribution in [0.4, 0.5) is 4.39 Å². The zero-order valence-corrected chi connectivity index (χ0v) is 28.7. The number of aliphatic hydroxyl groups excluding tert-OH is 2. The number of aromatic nitrogens is 1. The Bertz CT molecular complexity index is 1670. The molecule has 0 aliphatic rings. The number of nitrogens with zero attached hydrogens (tertiary/aromatic N) is 1.